The molecule has 3 rings (SSSR count). The Labute approximate surface area is 144 Å². The number of piperidine rings is 1. The van der Waals surface area contributed by atoms with Crippen LogP contribution in [0.15, 0.2) is 4.52 Å². The predicted molar refractivity (Wildman–Crippen MR) is 91.4 cm³/mol. The summed E-state index contributed by atoms with van der Waals surface area (Å²) >= 11 is 0. The smallest absolute Gasteiger partial charge is 0.246 e. The highest BCUT2D eigenvalue weighted by molar-refractivity contribution is 5.75. The fourth-order valence-corrected chi connectivity index (χ4v) is 3.97. The molecule has 6 nitrogen and oxygen atoms in total. The van der Waals surface area contributed by atoms with Crippen molar-refractivity contribution in [2.75, 3.05) is 20.1 Å². The Morgan fingerprint density at radius 1 is 1.25 bits per heavy atom. The molecule has 0 aromatic carbocycles. The van der Waals surface area contributed by atoms with Gasteiger partial charge in [0.1, 0.15) is 0 Å². The fraction of sp³-hybridized carbons (Fsp3) is 0.833. The average molecular weight is 334 g/mol. The minimum absolute atomic E-state index is 0.0839. The van der Waals surface area contributed by atoms with Crippen LogP contribution in [0.3, 0.4) is 0 Å². The molecule has 0 spiro atoms. The molecule has 2 heterocycles. The van der Waals surface area contributed by atoms with E-state index in [4.69, 9.17) is 4.52 Å². The number of hydrogen-bond donors (Lipinski definition) is 1. The van der Waals surface area contributed by atoms with Gasteiger partial charge in [-0.2, -0.15) is 4.98 Å². The van der Waals surface area contributed by atoms with Crippen molar-refractivity contribution < 1.29 is 9.32 Å². The lowest BCUT2D eigenvalue weighted by Crippen LogP contribution is -2.33. The van der Waals surface area contributed by atoms with E-state index in [0.717, 1.165) is 31.6 Å². The van der Waals surface area contributed by atoms with E-state index in [2.05, 4.69) is 27.4 Å². The van der Waals surface area contributed by atoms with E-state index < -0.39 is 0 Å². The van der Waals surface area contributed by atoms with Crippen molar-refractivity contribution in [3.63, 3.8) is 0 Å². The average Bonchev–Trinajstić information content (AvgIpc) is 3.08. The molecule has 6 heteroatoms. The molecule has 0 bridgehead atoms. The van der Waals surface area contributed by atoms with Gasteiger partial charge in [0, 0.05) is 18.9 Å². The summed E-state index contributed by atoms with van der Waals surface area (Å²) in [5, 5.41) is 7.02. The van der Waals surface area contributed by atoms with E-state index in [1.807, 2.05) is 0 Å². The first-order valence-corrected chi connectivity index (χ1v) is 9.48. The Balaban J connectivity index is 1.37. The first kappa shape index (κ1) is 17.4. The number of nitrogens with one attached hydrogen (secondary N) is 1. The monoisotopic (exact) mass is 334 g/mol. The number of aromatic nitrogens is 2. The van der Waals surface area contributed by atoms with Crippen LogP contribution in [0.5, 0.6) is 0 Å². The molecule has 24 heavy (non-hydrogen) atoms. The maximum atomic E-state index is 12.0. The Kier molecular flexibility index (Phi) is 6.24. The summed E-state index contributed by atoms with van der Waals surface area (Å²) in [4.78, 5) is 18.9. The molecular weight excluding hydrogens is 304 g/mol. The molecule has 1 aromatic heterocycles. The van der Waals surface area contributed by atoms with Gasteiger partial charge < -0.3 is 14.7 Å². The van der Waals surface area contributed by atoms with E-state index in [0.29, 0.717) is 30.7 Å². The quantitative estimate of drug-likeness (QED) is 0.866. The van der Waals surface area contributed by atoms with E-state index >= 15 is 0 Å². The van der Waals surface area contributed by atoms with Gasteiger partial charge in [-0.15, -0.1) is 0 Å². The summed E-state index contributed by atoms with van der Waals surface area (Å²) in [5.41, 5.74) is 0. The third-order valence-electron chi connectivity index (χ3n) is 5.39. The zero-order valence-electron chi connectivity index (χ0n) is 14.8. The van der Waals surface area contributed by atoms with Crippen LogP contribution < -0.4 is 5.32 Å². The van der Waals surface area contributed by atoms with Gasteiger partial charge in [0.15, 0.2) is 5.82 Å². The van der Waals surface area contributed by atoms with Crippen LogP contribution in [0.2, 0.25) is 0 Å². The second-order valence-electron chi connectivity index (χ2n) is 7.47. The van der Waals surface area contributed by atoms with Gasteiger partial charge in [0.05, 0.1) is 6.54 Å². The van der Waals surface area contributed by atoms with Gasteiger partial charge in [-0.25, -0.2) is 0 Å². The van der Waals surface area contributed by atoms with Gasteiger partial charge in [0.2, 0.25) is 11.8 Å². The van der Waals surface area contributed by atoms with Crippen molar-refractivity contribution in [2.24, 2.45) is 5.92 Å². The Hall–Kier alpha value is -1.43. The number of hydrogen-bond acceptors (Lipinski definition) is 5. The fourth-order valence-electron chi connectivity index (χ4n) is 3.97. The van der Waals surface area contributed by atoms with Crippen LogP contribution in [-0.4, -0.2) is 41.1 Å². The van der Waals surface area contributed by atoms with Crippen molar-refractivity contribution in [3.8, 4) is 0 Å². The topological polar surface area (TPSA) is 71.3 Å². The lowest BCUT2D eigenvalue weighted by molar-refractivity contribution is -0.121. The number of amides is 1. The maximum Gasteiger partial charge on any atom is 0.246 e. The normalized spacial score (nSPS) is 23.3. The maximum absolute atomic E-state index is 12.0. The van der Waals surface area contributed by atoms with E-state index in [9.17, 15) is 4.79 Å². The van der Waals surface area contributed by atoms with Gasteiger partial charge in [0.25, 0.3) is 0 Å². The Morgan fingerprint density at radius 2 is 2.08 bits per heavy atom. The molecule has 0 unspecified atom stereocenters. The van der Waals surface area contributed by atoms with Gasteiger partial charge in [-0.05, 0) is 51.6 Å². The van der Waals surface area contributed by atoms with Crippen molar-refractivity contribution in [2.45, 2.75) is 70.3 Å². The van der Waals surface area contributed by atoms with Crippen molar-refractivity contribution in [1.29, 1.82) is 0 Å². The number of carbonyl (C=O) groups excluding carboxylic acids is 1. The molecule has 134 valence electrons. The first-order chi connectivity index (χ1) is 11.7. The molecule has 1 aromatic rings. The van der Waals surface area contributed by atoms with Gasteiger partial charge in [-0.1, -0.05) is 24.4 Å². The summed E-state index contributed by atoms with van der Waals surface area (Å²) < 4.78 is 5.29. The Morgan fingerprint density at radius 3 is 2.88 bits per heavy atom. The summed E-state index contributed by atoms with van der Waals surface area (Å²) in [6.07, 6.45) is 10.2. The molecule has 1 aliphatic carbocycles. The molecule has 1 atom stereocenters. The molecule has 1 amide bonds. The highest BCUT2D eigenvalue weighted by Gasteiger charge is 2.21. The second kappa shape index (κ2) is 8.60. The van der Waals surface area contributed by atoms with Gasteiger partial charge in [-0.3, -0.25) is 4.79 Å². The largest absolute Gasteiger partial charge is 0.347 e. The molecular formula is C18H30N4O2. The lowest BCUT2D eigenvalue weighted by atomic mass is 9.89. The summed E-state index contributed by atoms with van der Waals surface area (Å²) in [6, 6.07) is 0. The van der Waals surface area contributed by atoms with Crippen molar-refractivity contribution >= 4 is 5.91 Å². The molecule has 1 N–H and O–H groups in total. The summed E-state index contributed by atoms with van der Waals surface area (Å²) in [7, 11) is 2.16. The lowest BCUT2D eigenvalue weighted by Gasteiger charge is -2.29. The van der Waals surface area contributed by atoms with Crippen molar-refractivity contribution in [1.82, 2.24) is 20.4 Å². The molecule has 2 fully saturated rings. The number of likely N-dealkylation sites (tertiary alicyclic amines) is 1. The summed E-state index contributed by atoms with van der Waals surface area (Å²) in [6.45, 7) is 2.65. The second-order valence-corrected chi connectivity index (χ2v) is 7.47. The zero-order valence-corrected chi connectivity index (χ0v) is 14.8. The minimum Gasteiger partial charge on any atom is -0.347 e. The van der Waals surface area contributed by atoms with Crippen LogP contribution in [0, 0.1) is 5.92 Å². The molecule has 2 aliphatic rings. The third kappa shape index (κ3) is 5.03. The standard InChI is InChI=1S/C18H30N4O2/c1-22-11-5-6-14(13-22)9-10-16(23)19-12-17-20-18(21-24-17)15-7-3-2-4-8-15/h14-15H,2-13H2,1H3,(H,19,23)/t14-/m0/s1. The third-order valence-corrected chi connectivity index (χ3v) is 5.39. The minimum atomic E-state index is 0.0839. The predicted octanol–water partition coefficient (Wildman–Crippen LogP) is 2.86. The molecule has 1 saturated heterocycles. The van der Waals surface area contributed by atoms with Gasteiger partial charge >= 0.3 is 0 Å². The van der Waals surface area contributed by atoms with Crippen LogP contribution in [0.25, 0.3) is 0 Å². The Bertz CT molecular complexity index is 525. The SMILES string of the molecule is CN1CCC[C@@H](CCC(=O)NCc2nc(C3CCCCC3)no2)C1. The van der Waals surface area contributed by atoms with E-state index in [1.165, 1.54) is 38.6 Å². The van der Waals surface area contributed by atoms with E-state index in [1.54, 1.807) is 0 Å². The summed E-state index contributed by atoms with van der Waals surface area (Å²) in [5.74, 6) is 2.53. The van der Waals surface area contributed by atoms with Crippen molar-refractivity contribution in [3.05, 3.63) is 11.7 Å². The highest BCUT2D eigenvalue weighted by atomic mass is 16.5. The van der Waals surface area contributed by atoms with Crippen LogP contribution in [0.4, 0.5) is 0 Å². The zero-order chi connectivity index (χ0) is 16.8. The molecule has 1 aliphatic heterocycles. The van der Waals surface area contributed by atoms with Crippen LogP contribution >= 0.6 is 0 Å². The first-order valence-electron chi connectivity index (χ1n) is 9.48. The molecule has 0 radical (unpaired) electrons. The number of rotatable bonds is 6. The van der Waals surface area contributed by atoms with Crippen LogP contribution in [-0.2, 0) is 11.3 Å². The number of carbonyl (C=O) groups is 1. The van der Waals surface area contributed by atoms with E-state index in [-0.39, 0.29) is 5.91 Å². The molecule has 1 saturated carbocycles. The highest BCUT2D eigenvalue weighted by Crippen LogP contribution is 2.30. The number of nitrogens with zero attached hydrogens (tertiary/aromatic N) is 3. The van der Waals surface area contributed by atoms with Crippen LogP contribution in [0.1, 0.15) is 75.4 Å².